The summed E-state index contributed by atoms with van der Waals surface area (Å²) in [6, 6.07) is 0.902. The standard InChI is InChI=1S/C19H36N2O2/c1-18(2,3)23-17(22)21-13-7-6-8-16(21)14-20-15-9-11-19(4,5)12-10-15/h15-16,20H,6-14H2,1-5H3. The minimum absolute atomic E-state index is 0.145. The molecule has 0 spiro atoms. The van der Waals surface area contributed by atoms with Crippen LogP contribution >= 0.6 is 0 Å². The summed E-state index contributed by atoms with van der Waals surface area (Å²) < 4.78 is 5.59. The molecular weight excluding hydrogens is 288 g/mol. The molecule has 4 heteroatoms. The Labute approximate surface area is 142 Å². The average molecular weight is 325 g/mol. The molecule has 1 atom stereocenters. The van der Waals surface area contributed by atoms with Crippen molar-refractivity contribution in [1.29, 1.82) is 0 Å². The number of hydrogen-bond donors (Lipinski definition) is 1. The Kier molecular flexibility index (Phi) is 5.99. The van der Waals surface area contributed by atoms with Crippen molar-refractivity contribution in [3.05, 3.63) is 0 Å². The predicted molar refractivity (Wildman–Crippen MR) is 94.6 cm³/mol. The van der Waals surface area contributed by atoms with Crippen LogP contribution in [-0.2, 0) is 4.74 Å². The molecule has 0 aromatic rings. The number of rotatable bonds is 3. The third kappa shape index (κ3) is 5.98. The minimum Gasteiger partial charge on any atom is -0.444 e. The Balaban J connectivity index is 1.83. The van der Waals surface area contributed by atoms with Crippen LogP contribution in [0, 0.1) is 5.41 Å². The van der Waals surface area contributed by atoms with Crippen LogP contribution in [0.25, 0.3) is 0 Å². The lowest BCUT2D eigenvalue weighted by molar-refractivity contribution is 0.00938. The van der Waals surface area contributed by atoms with E-state index in [1.165, 1.54) is 32.1 Å². The SMILES string of the molecule is CC1(C)CCC(NCC2CCCCN2C(=O)OC(C)(C)C)CC1. The first-order valence-electron chi connectivity index (χ1n) is 9.39. The van der Waals surface area contributed by atoms with Crippen LogP contribution in [0.1, 0.15) is 79.6 Å². The van der Waals surface area contributed by atoms with Gasteiger partial charge in [0.2, 0.25) is 0 Å². The number of nitrogens with one attached hydrogen (secondary N) is 1. The van der Waals surface area contributed by atoms with E-state index in [1.54, 1.807) is 0 Å². The Morgan fingerprint density at radius 3 is 2.43 bits per heavy atom. The minimum atomic E-state index is -0.415. The predicted octanol–water partition coefficient (Wildman–Crippen LogP) is 4.33. The van der Waals surface area contributed by atoms with Gasteiger partial charge in [-0.2, -0.15) is 0 Å². The summed E-state index contributed by atoms with van der Waals surface area (Å²) in [4.78, 5) is 14.4. The second-order valence-corrected chi connectivity index (χ2v) is 9.17. The van der Waals surface area contributed by atoms with Gasteiger partial charge in [0.05, 0.1) is 0 Å². The first kappa shape index (κ1) is 18.6. The van der Waals surface area contributed by atoms with Crippen LogP contribution in [0.15, 0.2) is 0 Å². The van der Waals surface area contributed by atoms with Crippen LogP contribution in [0.4, 0.5) is 4.79 Å². The number of likely N-dealkylation sites (tertiary alicyclic amines) is 1. The molecule has 1 heterocycles. The summed E-state index contributed by atoms with van der Waals surface area (Å²) >= 11 is 0. The van der Waals surface area contributed by atoms with E-state index in [1.807, 2.05) is 25.7 Å². The number of piperidine rings is 1. The molecular formula is C19H36N2O2. The smallest absolute Gasteiger partial charge is 0.410 e. The fourth-order valence-corrected chi connectivity index (χ4v) is 3.68. The molecule has 1 saturated carbocycles. The molecule has 2 aliphatic rings. The Bertz CT molecular complexity index is 391. The van der Waals surface area contributed by atoms with Crippen molar-refractivity contribution in [2.45, 2.75) is 97.2 Å². The zero-order valence-corrected chi connectivity index (χ0v) is 15.8. The number of hydrogen-bond acceptors (Lipinski definition) is 3. The van der Waals surface area contributed by atoms with E-state index in [0.717, 1.165) is 25.9 Å². The zero-order valence-electron chi connectivity index (χ0n) is 15.8. The second-order valence-electron chi connectivity index (χ2n) is 9.17. The molecule has 23 heavy (non-hydrogen) atoms. The molecule has 2 rings (SSSR count). The molecule has 0 aromatic heterocycles. The van der Waals surface area contributed by atoms with Crippen LogP contribution in [-0.4, -0.2) is 41.8 Å². The molecule has 2 fully saturated rings. The van der Waals surface area contributed by atoms with Crippen LogP contribution in [0.2, 0.25) is 0 Å². The lowest BCUT2D eigenvalue weighted by atomic mass is 9.75. The summed E-state index contributed by atoms with van der Waals surface area (Å²) in [5, 5.41) is 3.73. The van der Waals surface area contributed by atoms with E-state index in [-0.39, 0.29) is 12.1 Å². The molecule has 0 aromatic carbocycles. The lowest BCUT2D eigenvalue weighted by Gasteiger charge is -2.39. The van der Waals surface area contributed by atoms with Gasteiger partial charge in [-0.3, -0.25) is 0 Å². The largest absolute Gasteiger partial charge is 0.444 e. The number of ether oxygens (including phenoxy) is 1. The van der Waals surface area contributed by atoms with E-state index >= 15 is 0 Å². The lowest BCUT2D eigenvalue weighted by Crippen LogP contribution is -2.51. The normalized spacial score (nSPS) is 26.1. The van der Waals surface area contributed by atoms with Gasteiger partial charge >= 0.3 is 6.09 Å². The summed E-state index contributed by atoms with van der Waals surface area (Å²) in [7, 11) is 0. The Morgan fingerprint density at radius 1 is 1.17 bits per heavy atom. The summed E-state index contributed by atoms with van der Waals surface area (Å²) in [6.45, 7) is 12.3. The van der Waals surface area contributed by atoms with E-state index in [9.17, 15) is 4.79 Å². The van der Waals surface area contributed by atoms with Crippen molar-refractivity contribution in [2.75, 3.05) is 13.1 Å². The molecule has 0 bridgehead atoms. The van der Waals surface area contributed by atoms with Gasteiger partial charge in [0, 0.05) is 25.2 Å². The number of nitrogens with zero attached hydrogens (tertiary/aromatic N) is 1. The first-order chi connectivity index (χ1) is 10.7. The van der Waals surface area contributed by atoms with Gasteiger partial charge in [-0.05, 0) is 71.1 Å². The number of amides is 1. The van der Waals surface area contributed by atoms with Crippen LogP contribution in [0.3, 0.4) is 0 Å². The van der Waals surface area contributed by atoms with Gasteiger partial charge in [-0.25, -0.2) is 4.79 Å². The van der Waals surface area contributed by atoms with Crippen LogP contribution < -0.4 is 5.32 Å². The molecule has 0 radical (unpaired) electrons. The number of carbonyl (C=O) groups excluding carboxylic acids is 1. The van der Waals surface area contributed by atoms with E-state index in [0.29, 0.717) is 11.5 Å². The highest BCUT2D eigenvalue weighted by molar-refractivity contribution is 5.68. The van der Waals surface area contributed by atoms with Crippen LogP contribution in [0.5, 0.6) is 0 Å². The molecule has 1 unspecified atom stereocenters. The molecule has 1 N–H and O–H groups in total. The fraction of sp³-hybridized carbons (Fsp3) is 0.947. The first-order valence-corrected chi connectivity index (χ1v) is 9.39. The van der Waals surface area contributed by atoms with Gasteiger partial charge in [-0.15, -0.1) is 0 Å². The number of carbonyl (C=O) groups is 1. The van der Waals surface area contributed by atoms with Crippen molar-refractivity contribution in [3.8, 4) is 0 Å². The Morgan fingerprint density at radius 2 is 1.83 bits per heavy atom. The zero-order chi connectivity index (χ0) is 17.1. The highest BCUT2D eigenvalue weighted by Crippen LogP contribution is 2.35. The molecule has 4 nitrogen and oxygen atoms in total. The molecule has 134 valence electrons. The average Bonchev–Trinajstić information content (AvgIpc) is 2.44. The summed E-state index contributed by atoms with van der Waals surface area (Å²) in [6.07, 6.45) is 8.35. The topological polar surface area (TPSA) is 41.6 Å². The van der Waals surface area contributed by atoms with E-state index in [4.69, 9.17) is 4.74 Å². The highest BCUT2D eigenvalue weighted by atomic mass is 16.6. The molecule has 1 aliphatic heterocycles. The third-order valence-electron chi connectivity index (χ3n) is 5.24. The quantitative estimate of drug-likeness (QED) is 0.840. The van der Waals surface area contributed by atoms with Crippen molar-refractivity contribution in [3.63, 3.8) is 0 Å². The summed E-state index contributed by atoms with van der Waals surface area (Å²) in [5.41, 5.74) is 0.0903. The Hall–Kier alpha value is -0.770. The van der Waals surface area contributed by atoms with Gasteiger partial charge in [0.15, 0.2) is 0 Å². The third-order valence-corrected chi connectivity index (χ3v) is 5.24. The maximum absolute atomic E-state index is 12.4. The molecule has 1 aliphatic carbocycles. The van der Waals surface area contributed by atoms with Gasteiger partial charge in [0.25, 0.3) is 0 Å². The van der Waals surface area contributed by atoms with Crippen molar-refractivity contribution < 1.29 is 9.53 Å². The monoisotopic (exact) mass is 324 g/mol. The highest BCUT2D eigenvalue weighted by Gasteiger charge is 2.32. The second kappa shape index (κ2) is 7.42. The van der Waals surface area contributed by atoms with Crippen molar-refractivity contribution in [1.82, 2.24) is 10.2 Å². The van der Waals surface area contributed by atoms with E-state index in [2.05, 4.69) is 19.2 Å². The maximum atomic E-state index is 12.4. The van der Waals surface area contributed by atoms with Gasteiger partial charge < -0.3 is 15.0 Å². The van der Waals surface area contributed by atoms with Crippen molar-refractivity contribution >= 4 is 6.09 Å². The fourth-order valence-electron chi connectivity index (χ4n) is 3.68. The van der Waals surface area contributed by atoms with E-state index < -0.39 is 5.60 Å². The van der Waals surface area contributed by atoms with Gasteiger partial charge in [0.1, 0.15) is 5.60 Å². The van der Waals surface area contributed by atoms with Gasteiger partial charge in [-0.1, -0.05) is 13.8 Å². The summed E-state index contributed by atoms with van der Waals surface area (Å²) in [5.74, 6) is 0. The molecule has 1 amide bonds. The van der Waals surface area contributed by atoms with Crippen molar-refractivity contribution in [2.24, 2.45) is 5.41 Å². The molecule has 1 saturated heterocycles. The maximum Gasteiger partial charge on any atom is 0.410 e.